The first-order chi connectivity index (χ1) is 5.21. The standard InChI is InChI=1S/C6H9O3.CH3.Al.H/c7-6(8)5-3-1-2-4-9-5;;;/h1-4H2,(H,7,8);1H3;;. The Morgan fingerprint density at radius 3 is 2.64 bits per heavy atom. The summed E-state index contributed by atoms with van der Waals surface area (Å²) in [5.41, 5.74) is 0. The molecule has 1 heterocycles. The van der Waals surface area contributed by atoms with Gasteiger partial charge in [-0.2, -0.15) is 0 Å². The first-order valence-corrected chi connectivity index (χ1v) is 6.21. The van der Waals surface area contributed by atoms with E-state index in [0.717, 1.165) is 19.3 Å². The number of rotatable bonds is 2. The smallest absolute Gasteiger partial charge is 0.320 e. The molecule has 1 saturated heterocycles. The molecule has 1 fully saturated rings. The molecule has 0 saturated carbocycles. The molecule has 4 heteroatoms. The van der Waals surface area contributed by atoms with Gasteiger partial charge in [0.1, 0.15) is 4.46 Å². The molecule has 0 spiro atoms. The zero-order valence-corrected chi connectivity index (χ0v) is 8.21. The molecule has 0 aromatic carbocycles. The minimum atomic E-state index is -0.744. The number of hydrogen-bond acceptors (Lipinski definition) is 2. The molecule has 62 valence electrons. The molecule has 0 aromatic rings. The maximum atomic E-state index is 10.8. The van der Waals surface area contributed by atoms with Gasteiger partial charge in [-0.25, -0.2) is 0 Å². The number of ether oxygens (including phenoxy) is 1. The monoisotopic (exact) mass is 172 g/mol. The van der Waals surface area contributed by atoms with Gasteiger partial charge in [0, 0.05) is 6.61 Å². The van der Waals surface area contributed by atoms with Crippen molar-refractivity contribution in [2.75, 3.05) is 6.61 Å². The van der Waals surface area contributed by atoms with Crippen molar-refractivity contribution in [2.45, 2.75) is 29.5 Å². The number of aliphatic carboxylic acids is 1. The van der Waals surface area contributed by atoms with E-state index in [0.29, 0.717) is 6.61 Å². The maximum Gasteiger partial charge on any atom is 0.320 e. The lowest BCUT2D eigenvalue weighted by Gasteiger charge is -2.32. The fourth-order valence-electron chi connectivity index (χ4n) is 1.45. The Morgan fingerprint density at radius 1 is 1.64 bits per heavy atom. The van der Waals surface area contributed by atoms with E-state index in [-0.39, 0.29) is 0 Å². The van der Waals surface area contributed by atoms with Crippen LogP contribution < -0.4 is 0 Å². The van der Waals surface area contributed by atoms with Crippen LogP contribution >= 0.6 is 0 Å². The third-order valence-electron chi connectivity index (χ3n) is 2.31. The second-order valence-corrected chi connectivity index (χ2v) is 4.81. The molecule has 1 atom stereocenters. The Labute approximate surface area is 72.4 Å². The van der Waals surface area contributed by atoms with Gasteiger partial charge in [0.15, 0.2) is 0 Å². The first-order valence-electron chi connectivity index (χ1n) is 4.08. The van der Waals surface area contributed by atoms with Gasteiger partial charge in [-0.15, -0.1) is 5.79 Å². The summed E-state index contributed by atoms with van der Waals surface area (Å²) in [7, 11) is 0. The molecule has 0 bridgehead atoms. The molecule has 0 aliphatic carbocycles. The van der Waals surface area contributed by atoms with Gasteiger partial charge in [0.2, 0.25) is 0 Å². The van der Waals surface area contributed by atoms with Crippen LogP contribution in [0.15, 0.2) is 0 Å². The van der Waals surface area contributed by atoms with Crippen molar-refractivity contribution in [2.24, 2.45) is 0 Å². The van der Waals surface area contributed by atoms with Crippen molar-refractivity contribution >= 4 is 21.2 Å². The van der Waals surface area contributed by atoms with Crippen LogP contribution in [0, 0.1) is 0 Å². The third-order valence-corrected chi connectivity index (χ3v) is 4.32. The molecule has 1 rings (SSSR count). The molecule has 3 nitrogen and oxygen atoms in total. The van der Waals surface area contributed by atoms with Crippen LogP contribution in [0.2, 0.25) is 5.79 Å². The summed E-state index contributed by atoms with van der Waals surface area (Å²) >= 11 is -0.608. The van der Waals surface area contributed by atoms with Gasteiger partial charge in [-0.3, -0.25) is 4.79 Å². The average Bonchev–Trinajstić information content (AvgIpc) is 2.05. The Balaban J connectivity index is 2.64. The number of hydrogen-bond donors (Lipinski definition) is 1. The topological polar surface area (TPSA) is 46.5 Å². The normalized spacial score (nSPS) is 31.4. The molecule has 1 unspecified atom stereocenters. The van der Waals surface area contributed by atoms with Crippen LogP contribution in [0.3, 0.4) is 0 Å². The molecular weight excluding hydrogens is 159 g/mol. The highest BCUT2D eigenvalue weighted by atomic mass is 27.1. The van der Waals surface area contributed by atoms with E-state index in [1.54, 1.807) is 0 Å². The summed E-state index contributed by atoms with van der Waals surface area (Å²) in [5.74, 6) is 1.26. The van der Waals surface area contributed by atoms with E-state index in [2.05, 4.69) is 0 Å². The zero-order chi connectivity index (χ0) is 8.32. The predicted octanol–water partition coefficient (Wildman–Crippen LogP) is 0.452. The molecule has 0 radical (unpaired) electrons. The molecule has 11 heavy (non-hydrogen) atoms. The van der Waals surface area contributed by atoms with E-state index in [9.17, 15) is 4.79 Å². The highest BCUT2D eigenvalue weighted by molar-refractivity contribution is 6.44. The van der Waals surface area contributed by atoms with E-state index >= 15 is 0 Å². The number of carbonyl (C=O) groups is 1. The summed E-state index contributed by atoms with van der Waals surface area (Å²) in [6.45, 7) is 0.632. The van der Waals surface area contributed by atoms with Crippen molar-refractivity contribution in [3.63, 3.8) is 0 Å². The third kappa shape index (κ3) is 1.76. The quantitative estimate of drug-likeness (QED) is 0.615. The molecule has 0 aromatic heterocycles. The van der Waals surface area contributed by atoms with Gasteiger partial charge in [0.05, 0.1) is 0 Å². The summed E-state index contributed by atoms with van der Waals surface area (Å²) < 4.78 is 4.61. The second-order valence-electron chi connectivity index (χ2n) is 2.96. The minimum Gasteiger partial charge on any atom is -0.480 e. The molecule has 1 aliphatic heterocycles. The highest BCUT2D eigenvalue weighted by Crippen LogP contribution is 2.23. The lowest BCUT2D eigenvalue weighted by atomic mass is 10.1. The number of carboxylic acids is 1. The van der Waals surface area contributed by atoms with Gasteiger partial charge < -0.3 is 9.84 Å². The van der Waals surface area contributed by atoms with Crippen molar-refractivity contribution in [3.05, 3.63) is 0 Å². The predicted molar refractivity (Wildman–Crippen MR) is 43.2 cm³/mol. The average molecular weight is 172 g/mol. The molecular formula is C7H13AlO3. The summed E-state index contributed by atoms with van der Waals surface area (Å²) in [6, 6.07) is 0. The summed E-state index contributed by atoms with van der Waals surface area (Å²) in [6.07, 6.45) is 2.75. The van der Waals surface area contributed by atoms with Gasteiger partial charge >= 0.3 is 21.2 Å². The van der Waals surface area contributed by atoms with Crippen LogP contribution in [-0.4, -0.2) is 37.4 Å². The van der Waals surface area contributed by atoms with Crippen LogP contribution in [0.25, 0.3) is 0 Å². The van der Waals surface area contributed by atoms with E-state index in [1.807, 2.05) is 5.79 Å². The SMILES string of the molecule is [CH3][AlH][C]1(C(=O)O)CCCCO1. The zero-order valence-electron chi connectivity index (χ0n) is 6.80. The first kappa shape index (κ1) is 9.05. The van der Waals surface area contributed by atoms with E-state index in [4.69, 9.17) is 9.84 Å². The molecule has 1 N–H and O–H groups in total. The van der Waals surface area contributed by atoms with E-state index in [1.165, 1.54) is 0 Å². The lowest BCUT2D eigenvalue weighted by Crippen LogP contribution is -2.48. The minimum absolute atomic E-state index is 0.608. The Bertz CT molecular complexity index is 152. The van der Waals surface area contributed by atoms with Crippen molar-refractivity contribution < 1.29 is 14.6 Å². The van der Waals surface area contributed by atoms with E-state index < -0.39 is 25.7 Å². The Hall–Kier alpha value is -0.0375. The van der Waals surface area contributed by atoms with Crippen LogP contribution in [0.1, 0.15) is 19.3 Å². The molecule has 1 aliphatic rings. The Kier molecular flexibility index (Phi) is 2.94. The maximum absolute atomic E-state index is 10.8. The lowest BCUT2D eigenvalue weighted by molar-refractivity contribution is -0.159. The van der Waals surface area contributed by atoms with Gasteiger partial charge in [0.25, 0.3) is 0 Å². The Morgan fingerprint density at radius 2 is 2.36 bits per heavy atom. The van der Waals surface area contributed by atoms with Crippen LogP contribution in [0.4, 0.5) is 0 Å². The fourth-order valence-corrected chi connectivity index (χ4v) is 2.71. The summed E-state index contributed by atoms with van der Waals surface area (Å²) in [4.78, 5) is 10.8. The highest BCUT2D eigenvalue weighted by Gasteiger charge is 2.39. The largest absolute Gasteiger partial charge is 0.480 e. The van der Waals surface area contributed by atoms with Crippen molar-refractivity contribution in [1.82, 2.24) is 0 Å². The van der Waals surface area contributed by atoms with Crippen LogP contribution in [-0.2, 0) is 9.53 Å². The van der Waals surface area contributed by atoms with Gasteiger partial charge in [-0.05, 0) is 19.3 Å². The van der Waals surface area contributed by atoms with Crippen molar-refractivity contribution in [1.29, 1.82) is 0 Å². The van der Waals surface area contributed by atoms with Gasteiger partial charge in [-0.1, -0.05) is 0 Å². The number of carboxylic acid groups (broad SMARTS) is 1. The second kappa shape index (κ2) is 3.57. The summed E-state index contributed by atoms with van der Waals surface area (Å²) in [5, 5.41) is 8.90. The van der Waals surface area contributed by atoms with Crippen LogP contribution in [0.5, 0.6) is 0 Å². The fraction of sp³-hybridized carbons (Fsp3) is 0.857. The molecule has 0 amide bonds. The van der Waals surface area contributed by atoms with Crippen molar-refractivity contribution in [3.8, 4) is 0 Å².